The summed E-state index contributed by atoms with van der Waals surface area (Å²) in [6.07, 6.45) is 48.1. The zero-order valence-electron chi connectivity index (χ0n) is 35.5. The molecule has 3 atom stereocenters. The van der Waals surface area contributed by atoms with Gasteiger partial charge in [0.05, 0.1) is 17.9 Å². The number of carbonyl (C=O) groups is 1. The minimum atomic E-state index is -4.45. The Bertz CT molecular complexity index is 968. The Morgan fingerprint density at radius 1 is 0.500 bits per heavy atom. The molecule has 0 saturated heterocycles. The topological polar surface area (TPSA) is 124 Å². The maximum Gasteiger partial charge on any atom is 0.267 e. The van der Waals surface area contributed by atoms with E-state index in [1.165, 1.54) is 179 Å². The predicted molar refractivity (Wildman–Crippen MR) is 232 cm³/mol. The molecule has 0 aromatic carbocycles. The molecule has 0 aliphatic rings. The number of aliphatic hydroxyl groups excluding tert-OH is 2. The van der Waals surface area contributed by atoms with Gasteiger partial charge in [0, 0.05) is 0 Å². The van der Waals surface area contributed by atoms with Crippen LogP contribution in [0.2, 0.25) is 0 Å². The highest BCUT2D eigenvalue weighted by molar-refractivity contribution is 7.85. The number of rotatable bonds is 42. The third-order valence-electron chi connectivity index (χ3n) is 10.7. The average Bonchev–Trinajstić information content (AvgIpc) is 3.14. The van der Waals surface area contributed by atoms with Gasteiger partial charge in [0.2, 0.25) is 5.91 Å². The Morgan fingerprint density at radius 3 is 1.22 bits per heavy atom. The fourth-order valence-corrected chi connectivity index (χ4v) is 7.91. The van der Waals surface area contributed by atoms with Crippen LogP contribution in [0.1, 0.15) is 239 Å². The fraction of sp³-hybridized carbons (Fsp3) is 0.891. The molecule has 0 radical (unpaired) electrons. The van der Waals surface area contributed by atoms with Crippen molar-refractivity contribution in [2.24, 2.45) is 0 Å². The normalized spacial score (nSPS) is 13.9. The lowest BCUT2D eigenvalue weighted by molar-refractivity contribution is -0.130. The largest absolute Gasteiger partial charge is 0.387 e. The molecule has 8 heteroatoms. The first-order valence-electron chi connectivity index (χ1n) is 23.1. The Kier molecular flexibility index (Phi) is 39.1. The van der Waals surface area contributed by atoms with Crippen LogP contribution in [-0.4, -0.2) is 53.1 Å². The van der Waals surface area contributed by atoms with Gasteiger partial charge in [0.1, 0.15) is 6.10 Å². The SMILES string of the molecule is CCCCCCCCCCCCCCC/C=C/CC/C=C/C(O)C(CS(=O)(=O)O)NC(=O)C(O)CCCCCCCCCCCCCCCCCCCC. The fourth-order valence-electron chi connectivity index (χ4n) is 7.18. The van der Waals surface area contributed by atoms with E-state index >= 15 is 0 Å². The van der Waals surface area contributed by atoms with Gasteiger partial charge in [-0.3, -0.25) is 9.35 Å². The van der Waals surface area contributed by atoms with E-state index in [1.54, 1.807) is 6.08 Å². The molecule has 0 heterocycles. The minimum absolute atomic E-state index is 0.279. The Labute approximate surface area is 335 Å². The van der Waals surface area contributed by atoms with Crippen molar-refractivity contribution >= 4 is 16.0 Å². The monoisotopic (exact) mass is 784 g/mol. The van der Waals surface area contributed by atoms with E-state index in [0.717, 1.165) is 32.1 Å². The van der Waals surface area contributed by atoms with Crippen LogP contribution in [0.15, 0.2) is 24.3 Å². The maximum atomic E-state index is 12.6. The van der Waals surface area contributed by atoms with Crippen LogP contribution in [0.25, 0.3) is 0 Å². The van der Waals surface area contributed by atoms with Gasteiger partial charge in [-0.05, 0) is 32.1 Å². The molecule has 4 N–H and O–H groups in total. The number of carbonyl (C=O) groups excluding carboxylic acids is 1. The molecule has 0 aliphatic carbocycles. The highest BCUT2D eigenvalue weighted by atomic mass is 32.2. The van der Waals surface area contributed by atoms with E-state index in [0.29, 0.717) is 12.8 Å². The van der Waals surface area contributed by atoms with Crippen molar-refractivity contribution < 1.29 is 28.0 Å². The molecule has 3 unspecified atom stereocenters. The van der Waals surface area contributed by atoms with Gasteiger partial charge in [-0.1, -0.05) is 231 Å². The van der Waals surface area contributed by atoms with Crippen LogP contribution >= 0.6 is 0 Å². The van der Waals surface area contributed by atoms with E-state index in [9.17, 15) is 28.0 Å². The lowest BCUT2D eigenvalue weighted by Gasteiger charge is -2.22. The molecule has 0 saturated carbocycles. The molecule has 0 aliphatic heterocycles. The highest BCUT2D eigenvalue weighted by Gasteiger charge is 2.27. The van der Waals surface area contributed by atoms with Crippen LogP contribution in [0.5, 0.6) is 0 Å². The molecule has 1 amide bonds. The summed E-state index contributed by atoms with van der Waals surface area (Å²) in [5.74, 6) is -1.55. The summed E-state index contributed by atoms with van der Waals surface area (Å²) in [6.45, 7) is 4.53. The lowest BCUT2D eigenvalue weighted by Crippen LogP contribution is -2.50. The second-order valence-electron chi connectivity index (χ2n) is 16.2. The van der Waals surface area contributed by atoms with Crippen LogP contribution in [-0.2, 0) is 14.9 Å². The van der Waals surface area contributed by atoms with Crippen LogP contribution in [0, 0.1) is 0 Å². The van der Waals surface area contributed by atoms with Gasteiger partial charge >= 0.3 is 0 Å². The summed E-state index contributed by atoms with van der Waals surface area (Å²) in [6, 6.07) is -1.25. The molecule has 0 bridgehead atoms. The van der Waals surface area contributed by atoms with Crippen LogP contribution < -0.4 is 5.32 Å². The third-order valence-corrected chi connectivity index (χ3v) is 11.5. The molecular weight excluding hydrogens is 695 g/mol. The second-order valence-corrected chi connectivity index (χ2v) is 17.7. The van der Waals surface area contributed by atoms with Gasteiger partial charge in [0.25, 0.3) is 10.1 Å². The average molecular weight is 784 g/mol. The van der Waals surface area contributed by atoms with Crippen molar-refractivity contribution in [2.75, 3.05) is 5.75 Å². The van der Waals surface area contributed by atoms with Gasteiger partial charge in [-0.15, -0.1) is 0 Å². The van der Waals surface area contributed by atoms with Gasteiger partial charge < -0.3 is 15.5 Å². The summed E-state index contributed by atoms with van der Waals surface area (Å²) in [5.41, 5.74) is 0. The van der Waals surface area contributed by atoms with Gasteiger partial charge in [-0.25, -0.2) is 0 Å². The van der Waals surface area contributed by atoms with Crippen molar-refractivity contribution in [3.05, 3.63) is 24.3 Å². The van der Waals surface area contributed by atoms with Crippen molar-refractivity contribution in [2.45, 2.75) is 257 Å². The molecule has 0 fully saturated rings. The summed E-state index contributed by atoms with van der Waals surface area (Å²) in [7, 11) is -4.45. The Hall–Kier alpha value is -1.22. The molecule has 0 aromatic rings. The van der Waals surface area contributed by atoms with E-state index in [2.05, 4.69) is 31.3 Å². The number of unbranched alkanes of at least 4 members (excludes halogenated alkanes) is 31. The summed E-state index contributed by atoms with van der Waals surface area (Å²) in [5, 5.41) is 23.5. The second kappa shape index (κ2) is 40.0. The van der Waals surface area contributed by atoms with Gasteiger partial charge in [-0.2, -0.15) is 8.42 Å². The minimum Gasteiger partial charge on any atom is -0.387 e. The smallest absolute Gasteiger partial charge is 0.267 e. The van der Waals surface area contributed by atoms with Crippen molar-refractivity contribution in [3.8, 4) is 0 Å². The zero-order chi connectivity index (χ0) is 39.8. The van der Waals surface area contributed by atoms with Crippen molar-refractivity contribution in [3.63, 3.8) is 0 Å². The van der Waals surface area contributed by atoms with Crippen molar-refractivity contribution in [1.82, 2.24) is 5.32 Å². The molecule has 0 spiro atoms. The van der Waals surface area contributed by atoms with Gasteiger partial charge in [0.15, 0.2) is 0 Å². The van der Waals surface area contributed by atoms with E-state index in [4.69, 9.17) is 0 Å². The number of nitrogens with one attached hydrogen (secondary N) is 1. The van der Waals surface area contributed by atoms with E-state index in [1.807, 2.05) is 0 Å². The first-order chi connectivity index (χ1) is 26.2. The lowest BCUT2D eigenvalue weighted by atomic mass is 10.0. The molecule has 0 rings (SSSR count). The van der Waals surface area contributed by atoms with Crippen LogP contribution in [0.3, 0.4) is 0 Å². The molecule has 320 valence electrons. The number of amides is 1. The Morgan fingerprint density at radius 2 is 0.833 bits per heavy atom. The van der Waals surface area contributed by atoms with Crippen LogP contribution in [0.4, 0.5) is 0 Å². The number of allylic oxidation sites excluding steroid dienone is 3. The Balaban J connectivity index is 3.98. The van der Waals surface area contributed by atoms with E-state index < -0.39 is 40.0 Å². The zero-order valence-corrected chi connectivity index (χ0v) is 36.3. The summed E-state index contributed by atoms with van der Waals surface area (Å²) >= 11 is 0. The highest BCUT2D eigenvalue weighted by Crippen LogP contribution is 2.16. The molecule has 7 nitrogen and oxygen atoms in total. The van der Waals surface area contributed by atoms with E-state index in [-0.39, 0.29) is 6.42 Å². The predicted octanol–water partition coefficient (Wildman–Crippen LogP) is 12.9. The molecule has 0 aromatic heterocycles. The van der Waals surface area contributed by atoms with Crippen molar-refractivity contribution in [1.29, 1.82) is 0 Å². The first kappa shape index (κ1) is 52.8. The third kappa shape index (κ3) is 39.0. The number of hydrogen-bond donors (Lipinski definition) is 4. The first-order valence-corrected chi connectivity index (χ1v) is 24.8. The quantitative estimate of drug-likeness (QED) is 0.0278. The molecule has 54 heavy (non-hydrogen) atoms. The standard InChI is InChI=1S/C46H89NO6S/c1-3-5-7-9-11-13-15-17-19-21-23-25-26-28-30-32-34-36-38-40-44(48)43(42-54(51,52)53)47-46(50)45(49)41-39-37-35-33-31-29-27-24-22-20-18-16-14-12-10-8-6-4-2/h30,32,38,40,43-45,48-49H,3-29,31,33-37,39,41-42H2,1-2H3,(H,47,50)(H,51,52,53)/b32-30+,40-38+. The number of aliphatic hydroxyl groups is 2. The molecular formula is C46H89NO6S. The maximum absolute atomic E-state index is 12.6. The number of hydrogen-bond acceptors (Lipinski definition) is 5. The summed E-state index contributed by atoms with van der Waals surface area (Å²) in [4.78, 5) is 12.6. The summed E-state index contributed by atoms with van der Waals surface area (Å²) < 4.78 is 32.6.